The van der Waals surface area contributed by atoms with Gasteiger partial charge in [0.15, 0.2) is 6.61 Å². The summed E-state index contributed by atoms with van der Waals surface area (Å²) in [4.78, 5) is 10.6. The zero-order chi connectivity index (χ0) is 13.5. The van der Waals surface area contributed by atoms with Crippen LogP contribution in [0.1, 0.15) is 5.56 Å². The lowest BCUT2D eigenvalue weighted by Crippen LogP contribution is -2.21. The maximum atomic E-state index is 10.6. The Hall–Kier alpha value is -2.28. The minimum Gasteiger partial charge on any atom is -0.482 e. The van der Waals surface area contributed by atoms with E-state index in [1.807, 2.05) is 0 Å². The van der Waals surface area contributed by atoms with Gasteiger partial charge >= 0.3 is 0 Å². The number of carbonyl (C=O) groups is 1. The molecule has 0 aromatic heterocycles. The van der Waals surface area contributed by atoms with Gasteiger partial charge in [0.2, 0.25) is 5.96 Å². The van der Waals surface area contributed by atoms with E-state index >= 15 is 0 Å². The number of nitrogens with zero attached hydrogens (tertiary/aromatic N) is 2. The molecule has 0 bridgehead atoms. The standard InChI is InChI=1S/C10H12ClN5O2/c11-7-3-6(4-15-16-10(13)14)1-2-8(7)18-5-9(12)17/h1-4H,5H2,(H2,12,17)(H4,13,14,16). The first kappa shape index (κ1) is 13.8. The van der Waals surface area contributed by atoms with E-state index in [2.05, 4.69) is 10.2 Å². The molecular formula is C10H12ClN5O2. The van der Waals surface area contributed by atoms with Gasteiger partial charge < -0.3 is 21.9 Å². The number of benzene rings is 1. The summed E-state index contributed by atoms with van der Waals surface area (Å²) in [6, 6.07) is 4.85. The predicted octanol–water partition coefficient (Wildman–Crippen LogP) is -0.189. The third kappa shape index (κ3) is 4.71. The number of halogens is 1. The van der Waals surface area contributed by atoms with Gasteiger partial charge in [0.1, 0.15) is 5.75 Å². The maximum absolute atomic E-state index is 10.6. The SMILES string of the molecule is NC(=O)COc1ccc(C=NN=C(N)N)cc1Cl. The number of carbonyl (C=O) groups excluding carboxylic acids is 1. The Labute approximate surface area is 108 Å². The monoisotopic (exact) mass is 269 g/mol. The van der Waals surface area contributed by atoms with Gasteiger partial charge in [-0.1, -0.05) is 11.6 Å². The van der Waals surface area contributed by atoms with E-state index in [1.165, 1.54) is 6.21 Å². The van der Waals surface area contributed by atoms with Crippen molar-refractivity contribution in [3.05, 3.63) is 28.8 Å². The van der Waals surface area contributed by atoms with Crippen molar-refractivity contribution < 1.29 is 9.53 Å². The number of hydrogen-bond donors (Lipinski definition) is 3. The highest BCUT2D eigenvalue weighted by Gasteiger charge is 2.03. The zero-order valence-electron chi connectivity index (χ0n) is 9.34. The molecule has 1 aromatic carbocycles. The van der Waals surface area contributed by atoms with E-state index in [0.29, 0.717) is 16.3 Å². The maximum Gasteiger partial charge on any atom is 0.255 e. The van der Waals surface area contributed by atoms with Crippen molar-refractivity contribution in [3.63, 3.8) is 0 Å². The molecule has 1 aromatic rings. The lowest BCUT2D eigenvalue weighted by atomic mass is 10.2. The van der Waals surface area contributed by atoms with Crippen LogP contribution in [0.3, 0.4) is 0 Å². The summed E-state index contributed by atoms with van der Waals surface area (Å²) in [5.74, 6) is -0.363. The molecule has 0 saturated heterocycles. The van der Waals surface area contributed by atoms with Gasteiger partial charge in [-0.3, -0.25) is 4.79 Å². The van der Waals surface area contributed by atoms with E-state index in [1.54, 1.807) is 18.2 Å². The largest absolute Gasteiger partial charge is 0.482 e. The molecule has 1 amide bonds. The van der Waals surface area contributed by atoms with Crippen molar-refractivity contribution >= 4 is 29.7 Å². The molecule has 7 nitrogen and oxygen atoms in total. The van der Waals surface area contributed by atoms with E-state index < -0.39 is 5.91 Å². The van der Waals surface area contributed by atoms with E-state index in [4.69, 9.17) is 33.5 Å². The lowest BCUT2D eigenvalue weighted by Gasteiger charge is -2.05. The Morgan fingerprint density at radius 2 is 2.11 bits per heavy atom. The Balaban J connectivity index is 2.76. The fraction of sp³-hybridized carbons (Fsp3) is 0.100. The summed E-state index contributed by atoms with van der Waals surface area (Å²) in [5, 5.41) is 7.39. The van der Waals surface area contributed by atoms with Crippen molar-refractivity contribution in [2.75, 3.05) is 6.61 Å². The second-order valence-corrected chi connectivity index (χ2v) is 3.62. The van der Waals surface area contributed by atoms with Crippen LogP contribution < -0.4 is 21.9 Å². The van der Waals surface area contributed by atoms with E-state index in [-0.39, 0.29) is 12.6 Å². The summed E-state index contributed by atoms with van der Waals surface area (Å²) in [7, 11) is 0. The molecule has 0 saturated carbocycles. The number of primary amides is 1. The summed E-state index contributed by atoms with van der Waals surface area (Å²) in [6.45, 7) is -0.235. The van der Waals surface area contributed by atoms with Crippen LogP contribution in [0.15, 0.2) is 28.4 Å². The summed E-state index contributed by atoms with van der Waals surface area (Å²) in [6.07, 6.45) is 1.42. The fourth-order valence-corrected chi connectivity index (χ4v) is 1.27. The minimum absolute atomic E-state index is 0.140. The van der Waals surface area contributed by atoms with Crippen molar-refractivity contribution in [1.82, 2.24) is 0 Å². The van der Waals surface area contributed by atoms with Crippen molar-refractivity contribution in [2.24, 2.45) is 27.4 Å². The number of ether oxygens (including phenoxy) is 1. The molecule has 96 valence electrons. The van der Waals surface area contributed by atoms with Crippen LogP contribution in [-0.4, -0.2) is 24.7 Å². The average Bonchev–Trinajstić information content (AvgIpc) is 2.27. The number of nitrogens with two attached hydrogens (primary N) is 3. The second kappa shape index (κ2) is 6.45. The van der Waals surface area contributed by atoms with Gasteiger partial charge in [0.05, 0.1) is 11.2 Å². The summed E-state index contributed by atoms with van der Waals surface area (Å²) < 4.78 is 5.08. The first-order chi connectivity index (χ1) is 8.49. The number of rotatable bonds is 5. The molecule has 0 atom stereocenters. The highest BCUT2D eigenvalue weighted by Crippen LogP contribution is 2.24. The van der Waals surface area contributed by atoms with E-state index in [0.717, 1.165) is 0 Å². The second-order valence-electron chi connectivity index (χ2n) is 3.21. The van der Waals surface area contributed by atoms with Crippen LogP contribution in [-0.2, 0) is 4.79 Å². The van der Waals surface area contributed by atoms with Gasteiger partial charge in [-0.15, -0.1) is 5.10 Å². The number of amides is 1. The summed E-state index contributed by atoms with van der Waals surface area (Å²) in [5.41, 5.74) is 15.8. The Morgan fingerprint density at radius 3 is 2.67 bits per heavy atom. The van der Waals surface area contributed by atoms with Crippen LogP contribution in [0.5, 0.6) is 5.75 Å². The van der Waals surface area contributed by atoms with Gasteiger partial charge in [0, 0.05) is 0 Å². The smallest absolute Gasteiger partial charge is 0.255 e. The molecule has 0 heterocycles. The van der Waals surface area contributed by atoms with Gasteiger partial charge in [0.25, 0.3) is 5.91 Å². The third-order valence-electron chi connectivity index (χ3n) is 1.71. The Bertz CT molecular complexity index is 497. The quantitative estimate of drug-likeness (QED) is 0.389. The van der Waals surface area contributed by atoms with E-state index in [9.17, 15) is 4.79 Å². The molecule has 0 radical (unpaired) electrons. The lowest BCUT2D eigenvalue weighted by molar-refractivity contribution is -0.119. The first-order valence-electron chi connectivity index (χ1n) is 4.81. The molecule has 8 heteroatoms. The number of hydrogen-bond acceptors (Lipinski definition) is 4. The molecule has 0 spiro atoms. The fourth-order valence-electron chi connectivity index (χ4n) is 1.03. The van der Waals surface area contributed by atoms with Crippen molar-refractivity contribution in [2.45, 2.75) is 0 Å². The Kier molecular flexibility index (Phi) is 4.94. The van der Waals surface area contributed by atoms with Crippen LogP contribution in [0.4, 0.5) is 0 Å². The minimum atomic E-state index is -0.579. The summed E-state index contributed by atoms with van der Waals surface area (Å²) >= 11 is 5.93. The normalized spacial score (nSPS) is 10.3. The zero-order valence-corrected chi connectivity index (χ0v) is 10.1. The molecule has 0 aliphatic carbocycles. The molecule has 0 aliphatic rings. The topological polar surface area (TPSA) is 129 Å². The highest BCUT2D eigenvalue weighted by atomic mass is 35.5. The number of guanidine groups is 1. The van der Waals surface area contributed by atoms with Crippen LogP contribution in [0, 0.1) is 0 Å². The third-order valence-corrected chi connectivity index (χ3v) is 2.00. The van der Waals surface area contributed by atoms with Gasteiger partial charge in [-0.05, 0) is 23.8 Å². The molecule has 18 heavy (non-hydrogen) atoms. The molecule has 1 rings (SSSR count). The molecule has 0 fully saturated rings. The molecule has 0 unspecified atom stereocenters. The Morgan fingerprint density at radius 1 is 1.39 bits per heavy atom. The molecule has 6 N–H and O–H groups in total. The first-order valence-corrected chi connectivity index (χ1v) is 5.19. The van der Waals surface area contributed by atoms with Crippen molar-refractivity contribution in [3.8, 4) is 5.75 Å². The molecular weight excluding hydrogens is 258 g/mol. The average molecular weight is 270 g/mol. The van der Waals surface area contributed by atoms with Crippen molar-refractivity contribution in [1.29, 1.82) is 0 Å². The van der Waals surface area contributed by atoms with Crippen LogP contribution in [0.25, 0.3) is 0 Å². The highest BCUT2D eigenvalue weighted by molar-refractivity contribution is 6.32. The predicted molar refractivity (Wildman–Crippen MR) is 69.5 cm³/mol. The molecule has 0 aliphatic heterocycles. The van der Waals surface area contributed by atoms with Crippen LogP contribution >= 0.6 is 11.6 Å². The van der Waals surface area contributed by atoms with Gasteiger partial charge in [-0.2, -0.15) is 5.10 Å². The van der Waals surface area contributed by atoms with Gasteiger partial charge in [-0.25, -0.2) is 0 Å². The van der Waals surface area contributed by atoms with Crippen LogP contribution in [0.2, 0.25) is 5.02 Å².